The Labute approximate surface area is 112 Å². The number of nitrogens with one attached hydrogen (secondary N) is 1. The van der Waals surface area contributed by atoms with Gasteiger partial charge in [0.2, 0.25) is 0 Å². The predicted molar refractivity (Wildman–Crippen MR) is 71.8 cm³/mol. The smallest absolute Gasteiger partial charge is 0.313 e. The van der Waals surface area contributed by atoms with Gasteiger partial charge in [0, 0.05) is 18.8 Å². The molecule has 5 nitrogen and oxygen atoms in total. The molecule has 0 unspecified atom stereocenters. The molecule has 0 bridgehead atoms. The van der Waals surface area contributed by atoms with Crippen molar-refractivity contribution in [3.05, 3.63) is 29.8 Å². The molecule has 0 spiro atoms. The molecule has 0 saturated carbocycles. The third kappa shape index (κ3) is 3.54. The van der Waals surface area contributed by atoms with E-state index in [1.54, 1.807) is 0 Å². The van der Waals surface area contributed by atoms with Gasteiger partial charge in [0.05, 0.1) is 13.2 Å². The molecule has 19 heavy (non-hydrogen) atoms. The van der Waals surface area contributed by atoms with Gasteiger partial charge < -0.3 is 15.0 Å². The number of ether oxygens (including phenoxy) is 1. The summed E-state index contributed by atoms with van der Waals surface area (Å²) in [6, 6.07) is 7.50. The van der Waals surface area contributed by atoms with Gasteiger partial charge in [-0.15, -0.1) is 0 Å². The zero-order valence-electron chi connectivity index (χ0n) is 11.0. The Balaban J connectivity index is 1.93. The van der Waals surface area contributed by atoms with Crippen LogP contribution in [0.4, 0.5) is 5.69 Å². The fourth-order valence-electron chi connectivity index (χ4n) is 1.92. The Morgan fingerprint density at radius 3 is 2.42 bits per heavy atom. The van der Waals surface area contributed by atoms with E-state index in [4.69, 9.17) is 4.74 Å². The van der Waals surface area contributed by atoms with Crippen LogP contribution in [-0.2, 0) is 20.7 Å². The molecule has 0 aromatic heterocycles. The molecular formula is C14H18N2O3. The summed E-state index contributed by atoms with van der Waals surface area (Å²) in [7, 11) is 0. The maximum atomic E-state index is 11.9. The number of carbonyl (C=O) groups excluding carboxylic acids is 2. The van der Waals surface area contributed by atoms with Crippen LogP contribution in [-0.4, -0.2) is 43.0 Å². The Morgan fingerprint density at radius 1 is 1.21 bits per heavy atom. The molecule has 2 rings (SSSR count). The van der Waals surface area contributed by atoms with Gasteiger partial charge in [-0.3, -0.25) is 9.59 Å². The van der Waals surface area contributed by atoms with Crippen LogP contribution in [0, 0.1) is 0 Å². The molecule has 102 valence electrons. The van der Waals surface area contributed by atoms with Gasteiger partial charge in [-0.05, 0) is 24.1 Å². The average Bonchev–Trinajstić information content (AvgIpc) is 2.48. The first-order valence-corrected chi connectivity index (χ1v) is 6.47. The highest BCUT2D eigenvalue weighted by molar-refractivity contribution is 6.39. The highest BCUT2D eigenvalue weighted by Crippen LogP contribution is 2.10. The van der Waals surface area contributed by atoms with E-state index < -0.39 is 11.8 Å². The van der Waals surface area contributed by atoms with E-state index in [0.29, 0.717) is 32.0 Å². The van der Waals surface area contributed by atoms with Crippen LogP contribution in [0.2, 0.25) is 0 Å². The lowest BCUT2D eigenvalue weighted by Gasteiger charge is -2.26. The summed E-state index contributed by atoms with van der Waals surface area (Å²) in [4.78, 5) is 25.2. The highest BCUT2D eigenvalue weighted by atomic mass is 16.5. The fraction of sp³-hybridized carbons (Fsp3) is 0.429. The minimum absolute atomic E-state index is 0.473. The summed E-state index contributed by atoms with van der Waals surface area (Å²) in [5.74, 6) is -1.09. The van der Waals surface area contributed by atoms with Crippen LogP contribution in [0.15, 0.2) is 24.3 Å². The van der Waals surface area contributed by atoms with E-state index in [1.165, 1.54) is 10.5 Å². The first kappa shape index (κ1) is 13.5. The van der Waals surface area contributed by atoms with Crippen LogP contribution >= 0.6 is 0 Å². The largest absolute Gasteiger partial charge is 0.378 e. The maximum absolute atomic E-state index is 11.9. The van der Waals surface area contributed by atoms with Gasteiger partial charge in [-0.1, -0.05) is 19.1 Å². The van der Waals surface area contributed by atoms with Crippen LogP contribution in [0.1, 0.15) is 12.5 Å². The van der Waals surface area contributed by atoms with Gasteiger partial charge in [0.25, 0.3) is 0 Å². The molecule has 0 aliphatic carbocycles. The number of aryl methyl sites for hydroxylation is 1. The zero-order valence-corrected chi connectivity index (χ0v) is 11.0. The van der Waals surface area contributed by atoms with Gasteiger partial charge in [0.1, 0.15) is 0 Å². The van der Waals surface area contributed by atoms with Crippen molar-refractivity contribution in [1.29, 1.82) is 0 Å². The number of morpholine rings is 1. The average molecular weight is 262 g/mol. The highest BCUT2D eigenvalue weighted by Gasteiger charge is 2.23. The number of hydrogen-bond acceptors (Lipinski definition) is 3. The molecule has 1 fully saturated rings. The van der Waals surface area contributed by atoms with E-state index in [1.807, 2.05) is 24.3 Å². The number of amides is 2. The Bertz CT molecular complexity index is 450. The third-order valence-corrected chi connectivity index (χ3v) is 3.11. The first-order valence-electron chi connectivity index (χ1n) is 6.47. The molecule has 5 heteroatoms. The quantitative estimate of drug-likeness (QED) is 0.810. The Morgan fingerprint density at radius 2 is 1.84 bits per heavy atom. The maximum Gasteiger partial charge on any atom is 0.313 e. The predicted octanol–water partition coefficient (Wildman–Crippen LogP) is 1.05. The topological polar surface area (TPSA) is 58.6 Å². The minimum atomic E-state index is -0.592. The van der Waals surface area contributed by atoms with Gasteiger partial charge in [-0.25, -0.2) is 0 Å². The monoisotopic (exact) mass is 262 g/mol. The number of anilines is 1. The Kier molecular flexibility index (Phi) is 4.52. The first-order chi connectivity index (χ1) is 9.20. The van der Waals surface area contributed by atoms with E-state index in [9.17, 15) is 9.59 Å². The molecule has 1 saturated heterocycles. The summed E-state index contributed by atoms with van der Waals surface area (Å²) >= 11 is 0. The lowest BCUT2D eigenvalue weighted by molar-refractivity contribution is -0.145. The van der Waals surface area contributed by atoms with E-state index in [2.05, 4.69) is 12.2 Å². The number of benzene rings is 1. The van der Waals surface area contributed by atoms with Crippen LogP contribution in [0.25, 0.3) is 0 Å². The van der Waals surface area contributed by atoms with E-state index in [0.717, 1.165) is 6.42 Å². The number of nitrogens with zero attached hydrogens (tertiary/aromatic N) is 1. The van der Waals surface area contributed by atoms with Crippen molar-refractivity contribution in [3.63, 3.8) is 0 Å². The molecule has 0 atom stereocenters. The molecule has 1 aliphatic rings. The van der Waals surface area contributed by atoms with Crippen molar-refractivity contribution < 1.29 is 14.3 Å². The summed E-state index contributed by atoms with van der Waals surface area (Å²) in [6.07, 6.45) is 0.945. The molecule has 1 heterocycles. The van der Waals surface area contributed by atoms with Gasteiger partial charge in [0.15, 0.2) is 0 Å². The lowest BCUT2D eigenvalue weighted by Crippen LogP contribution is -2.45. The second kappa shape index (κ2) is 6.33. The number of rotatable bonds is 2. The number of carbonyl (C=O) groups is 2. The van der Waals surface area contributed by atoms with E-state index in [-0.39, 0.29) is 0 Å². The standard InChI is InChI=1S/C14H18N2O3/c1-2-11-3-5-12(6-4-11)15-13(17)14(18)16-7-9-19-10-8-16/h3-6H,2,7-10H2,1H3,(H,15,17). The van der Waals surface area contributed by atoms with E-state index >= 15 is 0 Å². The summed E-state index contributed by atoms with van der Waals surface area (Å²) in [5.41, 5.74) is 1.83. The van der Waals surface area contributed by atoms with Crippen LogP contribution < -0.4 is 5.32 Å². The van der Waals surface area contributed by atoms with Crippen molar-refractivity contribution >= 4 is 17.5 Å². The molecule has 1 aromatic carbocycles. The van der Waals surface area contributed by atoms with Crippen molar-refractivity contribution in [2.45, 2.75) is 13.3 Å². The fourth-order valence-corrected chi connectivity index (χ4v) is 1.92. The normalized spacial score (nSPS) is 15.1. The minimum Gasteiger partial charge on any atom is -0.378 e. The molecule has 1 N–H and O–H groups in total. The summed E-state index contributed by atoms with van der Waals surface area (Å²) in [6.45, 7) is 3.99. The molecule has 1 aliphatic heterocycles. The third-order valence-electron chi connectivity index (χ3n) is 3.11. The van der Waals surface area contributed by atoms with Crippen molar-refractivity contribution in [2.24, 2.45) is 0 Å². The van der Waals surface area contributed by atoms with Crippen LogP contribution in [0.5, 0.6) is 0 Å². The molecular weight excluding hydrogens is 244 g/mol. The lowest BCUT2D eigenvalue weighted by atomic mass is 10.1. The van der Waals surface area contributed by atoms with Crippen LogP contribution in [0.3, 0.4) is 0 Å². The summed E-state index contributed by atoms with van der Waals surface area (Å²) in [5, 5.41) is 2.62. The Hall–Kier alpha value is -1.88. The SMILES string of the molecule is CCc1ccc(NC(=O)C(=O)N2CCOCC2)cc1. The molecule has 0 radical (unpaired) electrons. The molecule has 2 amide bonds. The van der Waals surface area contributed by atoms with Gasteiger partial charge in [-0.2, -0.15) is 0 Å². The molecule has 1 aromatic rings. The summed E-state index contributed by atoms with van der Waals surface area (Å²) < 4.78 is 5.15. The number of hydrogen-bond donors (Lipinski definition) is 1. The van der Waals surface area contributed by atoms with Crippen molar-refractivity contribution in [2.75, 3.05) is 31.6 Å². The van der Waals surface area contributed by atoms with Gasteiger partial charge >= 0.3 is 11.8 Å². The zero-order chi connectivity index (χ0) is 13.7. The second-order valence-electron chi connectivity index (χ2n) is 4.41. The van der Waals surface area contributed by atoms with Crippen molar-refractivity contribution in [1.82, 2.24) is 4.90 Å². The van der Waals surface area contributed by atoms with Crippen molar-refractivity contribution in [3.8, 4) is 0 Å². The second-order valence-corrected chi connectivity index (χ2v) is 4.41.